The number of ether oxygens (including phenoxy) is 5. The van der Waals surface area contributed by atoms with Gasteiger partial charge >= 0.3 is 24.0 Å². The van der Waals surface area contributed by atoms with Crippen molar-refractivity contribution in [3.05, 3.63) is 88.0 Å². The Balaban J connectivity index is 1.48. The van der Waals surface area contributed by atoms with E-state index in [4.69, 9.17) is 23.7 Å². The highest BCUT2D eigenvalue weighted by atomic mass is 16.6. The molecule has 3 aromatic carbocycles. The van der Waals surface area contributed by atoms with Gasteiger partial charge in [-0.2, -0.15) is 0 Å². The van der Waals surface area contributed by atoms with Crippen molar-refractivity contribution in [2.24, 2.45) is 0 Å². The number of carbonyl (C=O) groups excluding carboxylic acids is 4. The normalized spacial score (nSPS) is 21.2. The largest absolute Gasteiger partial charge is 0.497 e. The number of methoxy groups -OCH3 is 3. The molecule has 2 saturated heterocycles. The third-order valence-corrected chi connectivity index (χ3v) is 9.86. The van der Waals surface area contributed by atoms with E-state index in [2.05, 4.69) is 11.8 Å². The van der Waals surface area contributed by atoms with Crippen molar-refractivity contribution in [1.29, 1.82) is 0 Å². The maximum atomic E-state index is 15.1. The maximum absolute atomic E-state index is 15.1. The summed E-state index contributed by atoms with van der Waals surface area (Å²) in [5.41, 5.74) is -0.863. The third-order valence-electron chi connectivity index (χ3n) is 9.86. The Morgan fingerprint density at radius 3 is 1.62 bits per heavy atom. The van der Waals surface area contributed by atoms with Crippen LogP contribution in [0, 0.1) is 11.8 Å². The Morgan fingerprint density at radius 2 is 1.14 bits per heavy atom. The van der Waals surface area contributed by atoms with Crippen molar-refractivity contribution in [1.82, 2.24) is 19.6 Å². The summed E-state index contributed by atoms with van der Waals surface area (Å²) in [6, 6.07) is 14.8. The topological polar surface area (TPSA) is 127 Å². The molecule has 4 heterocycles. The van der Waals surface area contributed by atoms with Crippen LogP contribution >= 0.6 is 0 Å². The monoisotopic (exact) mass is 680 g/mol. The lowest BCUT2D eigenvalue weighted by atomic mass is 9.90. The minimum atomic E-state index is -2.28. The molecule has 0 unspecified atom stereocenters. The van der Waals surface area contributed by atoms with E-state index < -0.39 is 35.3 Å². The number of esters is 2. The number of fused-ring (bicyclic) bond motifs is 2. The smallest absolute Gasteiger partial charge is 0.358 e. The van der Waals surface area contributed by atoms with Gasteiger partial charge in [0.25, 0.3) is 11.3 Å². The summed E-state index contributed by atoms with van der Waals surface area (Å²) in [5, 5.41) is 0. The summed E-state index contributed by atoms with van der Waals surface area (Å²) in [6.45, 7) is 2.44. The number of carbonyl (C=O) groups is 4. The van der Waals surface area contributed by atoms with Crippen molar-refractivity contribution in [3.8, 4) is 29.1 Å². The minimum Gasteiger partial charge on any atom is -0.497 e. The number of amides is 4. The van der Waals surface area contributed by atoms with Crippen molar-refractivity contribution in [2.75, 3.05) is 34.5 Å². The van der Waals surface area contributed by atoms with Crippen LogP contribution in [0.3, 0.4) is 0 Å². The first kappa shape index (κ1) is 32.6. The van der Waals surface area contributed by atoms with Crippen LogP contribution in [-0.2, 0) is 45.2 Å². The number of urea groups is 2. The highest BCUT2D eigenvalue weighted by Gasteiger charge is 2.87. The SMILES string of the molecule is CCOC(=O)[C@@]12N3Cc4c(OC)ccc(OC)c4CN1C(=O)N1Cc4c(C#Cc5ccc(OC)cc5)cccc4CN(C3=O)[C@@]12C(=O)OCC. The van der Waals surface area contributed by atoms with E-state index in [1.54, 1.807) is 33.1 Å². The highest BCUT2D eigenvalue weighted by Crippen LogP contribution is 2.58. The predicted molar refractivity (Wildman–Crippen MR) is 177 cm³/mol. The Kier molecular flexibility index (Phi) is 7.97. The lowest BCUT2D eigenvalue weighted by Crippen LogP contribution is -2.75. The van der Waals surface area contributed by atoms with E-state index in [-0.39, 0.29) is 39.4 Å². The zero-order chi connectivity index (χ0) is 35.4. The maximum Gasteiger partial charge on any atom is 0.358 e. The second-order valence-electron chi connectivity index (χ2n) is 12.0. The molecule has 0 bridgehead atoms. The number of hydrogen-bond acceptors (Lipinski definition) is 9. The molecule has 0 aromatic heterocycles. The quantitative estimate of drug-likeness (QED) is 0.270. The highest BCUT2D eigenvalue weighted by molar-refractivity contribution is 6.10. The van der Waals surface area contributed by atoms with Crippen LogP contribution in [0.15, 0.2) is 54.6 Å². The van der Waals surface area contributed by atoms with Gasteiger partial charge < -0.3 is 23.7 Å². The standard InChI is InChI=1S/C37H36N4O9/c1-6-49-32(42)36-37(33(43)50-7-2)40-21-28-29(31(48-5)18-17-30(28)47-4)22-41(37)35(45)39(36)20-27-24(9-8-10-25(27)19-38(36)34(40)44)14-11-23-12-15-26(46-3)16-13-23/h8-10,12-13,15-18H,6-7,19-22H2,1-5H3/t36-,37+/m0/s1. The van der Waals surface area contributed by atoms with Crippen molar-refractivity contribution in [2.45, 2.75) is 51.4 Å². The van der Waals surface area contributed by atoms with Gasteiger partial charge in [0.05, 0.1) is 60.7 Å². The first-order valence-corrected chi connectivity index (χ1v) is 16.2. The van der Waals surface area contributed by atoms with E-state index >= 15 is 4.79 Å². The van der Waals surface area contributed by atoms with Crippen molar-refractivity contribution < 1.29 is 42.9 Å². The molecule has 4 aliphatic rings. The zero-order valence-electron chi connectivity index (χ0n) is 28.4. The van der Waals surface area contributed by atoms with Crippen LogP contribution in [0.5, 0.6) is 17.2 Å². The fourth-order valence-electron chi connectivity index (χ4n) is 7.73. The average molecular weight is 681 g/mol. The van der Waals surface area contributed by atoms with Gasteiger partial charge in [-0.3, -0.25) is 19.6 Å². The lowest BCUT2D eigenvalue weighted by Gasteiger charge is -2.43. The molecule has 0 spiro atoms. The van der Waals surface area contributed by atoms with Crippen molar-refractivity contribution >= 4 is 24.0 Å². The summed E-state index contributed by atoms with van der Waals surface area (Å²) in [4.78, 5) is 64.5. The summed E-state index contributed by atoms with van der Waals surface area (Å²) < 4.78 is 28.1. The van der Waals surface area contributed by atoms with E-state index in [1.165, 1.54) is 33.8 Å². The van der Waals surface area contributed by atoms with Gasteiger partial charge in [0.1, 0.15) is 17.2 Å². The number of nitrogens with zero attached hydrogens (tertiary/aromatic N) is 4. The van der Waals surface area contributed by atoms with Crippen LogP contribution in [0.25, 0.3) is 0 Å². The number of hydrogen-bond donors (Lipinski definition) is 0. The summed E-state index contributed by atoms with van der Waals surface area (Å²) in [7, 11) is 4.57. The average Bonchev–Trinajstić information content (AvgIpc) is 3.29. The van der Waals surface area contributed by atoms with Gasteiger partial charge in [-0.15, -0.1) is 0 Å². The molecule has 0 saturated carbocycles. The molecule has 4 aliphatic heterocycles. The summed E-state index contributed by atoms with van der Waals surface area (Å²) >= 11 is 0. The molecule has 0 aliphatic carbocycles. The zero-order valence-corrected chi connectivity index (χ0v) is 28.4. The molecule has 0 N–H and O–H groups in total. The molecular formula is C37H36N4O9. The van der Waals surface area contributed by atoms with E-state index in [0.717, 1.165) is 5.56 Å². The van der Waals surface area contributed by atoms with Crippen LogP contribution in [0.1, 0.15) is 47.2 Å². The van der Waals surface area contributed by atoms with Crippen LogP contribution < -0.4 is 14.2 Å². The van der Waals surface area contributed by atoms with Gasteiger partial charge in [0, 0.05) is 22.3 Å². The van der Waals surface area contributed by atoms with Gasteiger partial charge in [0.2, 0.25) is 0 Å². The minimum absolute atomic E-state index is 0.0725. The number of benzene rings is 3. The fraction of sp³-hybridized carbons (Fsp3) is 0.351. The molecule has 3 aromatic rings. The Hall–Kier alpha value is -5.90. The first-order chi connectivity index (χ1) is 24.2. The van der Waals surface area contributed by atoms with Gasteiger partial charge in [0.15, 0.2) is 0 Å². The predicted octanol–water partition coefficient (Wildman–Crippen LogP) is 3.83. The van der Waals surface area contributed by atoms with Crippen LogP contribution in [0.4, 0.5) is 9.59 Å². The summed E-state index contributed by atoms with van der Waals surface area (Å²) in [6.07, 6.45) is 0. The van der Waals surface area contributed by atoms with E-state index in [0.29, 0.717) is 45.1 Å². The van der Waals surface area contributed by atoms with E-state index in [1.807, 2.05) is 42.5 Å². The van der Waals surface area contributed by atoms with Crippen molar-refractivity contribution in [3.63, 3.8) is 0 Å². The second kappa shape index (κ2) is 12.2. The molecule has 2 atom stereocenters. The molecule has 50 heavy (non-hydrogen) atoms. The Labute approximate surface area is 289 Å². The van der Waals surface area contributed by atoms with Gasteiger partial charge in [-0.05, 0) is 67.4 Å². The van der Waals surface area contributed by atoms with Gasteiger partial charge in [-0.25, -0.2) is 19.2 Å². The third kappa shape index (κ3) is 4.27. The molecule has 7 rings (SSSR count). The fourth-order valence-corrected chi connectivity index (χ4v) is 7.73. The molecule has 4 amide bonds. The molecule has 0 radical (unpaired) electrons. The molecule has 13 nitrogen and oxygen atoms in total. The Bertz CT molecular complexity index is 1990. The first-order valence-electron chi connectivity index (χ1n) is 16.2. The lowest BCUT2D eigenvalue weighted by molar-refractivity contribution is -0.191. The van der Waals surface area contributed by atoms with Gasteiger partial charge in [-0.1, -0.05) is 24.0 Å². The van der Waals surface area contributed by atoms with Crippen LogP contribution in [0.2, 0.25) is 0 Å². The summed E-state index contributed by atoms with van der Waals surface area (Å²) in [5.74, 6) is 6.08. The molecule has 13 heteroatoms. The molecular weight excluding hydrogens is 644 g/mol. The Morgan fingerprint density at radius 1 is 0.640 bits per heavy atom. The van der Waals surface area contributed by atoms with E-state index in [9.17, 15) is 14.4 Å². The molecule has 2 fully saturated rings. The molecule has 258 valence electrons. The second-order valence-corrected chi connectivity index (χ2v) is 12.0. The van der Waals surface area contributed by atoms with Crippen LogP contribution in [-0.4, -0.2) is 89.5 Å². The number of rotatable bonds is 7.